The third kappa shape index (κ3) is 4.86. The molecule has 1 aromatic rings. The largest absolute Gasteiger partial charge is 0.326 e. The number of carbonyl (C=O) groups excluding carboxylic acids is 2. The van der Waals surface area contributed by atoms with Crippen LogP contribution >= 0.6 is 0 Å². The molecule has 1 unspecified atom stereocenters. The second-order valence-electron chi connectivity index (χ2n) is 5.33. The molecule has 0 aliphatic carbocycles. The summed E-state index contributed by atoms with van der Waals surface area (Å²) >= 11 is 0. The van der Waals surface area contributed by atoms with E-state index in [0.29, 0.717) is 17.8 Å². The van der Waals surface area contributed by atoms with E-state index in [1.54, 1.807) is 13.0 Å². The predicted molar refractivity (Wildman–Crippen MR) is 84.3 cm³/mol. The maximum Gasteiger partial charge on any atom is 0.241 e. The molecule has 0 bridgehead atoms. The van der Waals surface area contributed by atoms with Gasteiger partial charge in [-0.15, -0.1) is 0 Å². The fourth-order valence-electron chi connectivity index (χ4n) is 2.41. The summed E-state index contributed by atoms with van der Waals surface area (Å²) < 4.78 is 0. The van der Waals surface area contributed by atoms with E-state index in [4.69, 9.17) is 0 Å². The Balaban J connectivity index is 1.96. The van der Waals surface area contributed by atoms with Gasteiger partial charge in [0.25, 0.3) is 0 Å². The highest BCUT2D eigenvalue weighted by Crippen LogP contribution is 2.17. The Labute approximate surface area is 125 Å². The highest BCUT2D eigenvalue weighted by atomic mass is 16.2. The number of amides is 2. The average molecular weight is 289 g/mol. The van der Waals surface area contributed by atoms with Crippen molar-refractivity contribution in [3.63, 3.8) is 0 Å². The van der Waals surface area contributed by atoms with E-state index >= 15 is 0 Å². The van der Waals surface area contributed by atoms with Gasteiger partial charge in [-0.2, -0.15) is 0 Å². The zero-order valence-corrected chi connectivity index (χ0v) is 12.4. The van der Waals surface area contributed by atoms with Crippen LogP contribution in [0.25, 0.3) is 0 Å². The molecule has 0 radical (unpaired) electrons. The SMILES string of the molecule is CCC(=O)Nc1cccc(NC(=O)C2CCCCCN2)c1. The van der Waals surface area contributed by atoms with Crippen molar-refractivity contribution in [2.24, 2.45) is 0 Å². The summed E-state index contributed by atoms with van der Waals surface area (Å²) in [6, 6.07) is 7.12. The van der Waals surface area contributed by atoms with Crippen LogP contribution in [-0.2, 0) is 9.59 Å². The van der Waals surface area contributed by atoms with Gasteiger partial charge >= 0.3 is 0 Å². The van der Waals surface area contributed by atoms with Crippen molar-refractivity contribution in [2.75, 3.05) is 17.2 Å². The van der Waals surface area contributed by atoms with Crippen LogP contribution in [0.4, 0.5) is 11.4 Å². The molecule has 0 saturated carbocycles. The van der Waals surface area contributed by atoms with Crippen LogP contribution in [0.1, 0.15) is 39.0 Å². The molecule has 114 valence electrons. The fraction of sp³-hybridized carbons (Fsp3) is 0.500. The molecular formula is C16H23N3O2. The summed E-state index contributed by atoms with van der Waals surface area (Å²) in [6.45, 7) is 2.70. The Hall–Kier alpha value is -1.88. The average Bonchev–Trinajstić information content (AvgIpc) is 2.76. The van der Waals surface area contributed by atoms with Gasteiger partial charge in [-0.05, 0) is 37.6 Å². The van der Waals surface area contributed by atoms with Gasteiger partial charge in [0, 0.05) is 17.8 Å². The van der Waals surface area contributed by atoms with Gasteiger partial charge < -0.3 is 16.0 Å². The normalized spacial score (nSPS) is 18.6. The number of anilines is 2. The molecule has 0 aromatic heterocycles. The first-order valence-electron chi connectivity index (χ1n) is 7.63. The highest BCUT2D eigenvalue weighted by Gasteiger charge is 2.19. The lowest BCUT2D eigenvalue weighted by Crippen LogP contribution is -2.39. The molecule has 1 saturated heterocycles. The van der Waals surface area contributed by atoms with E-state index in [0.717, 1.165) is 25.8 Å². The summed E-state index contributed by atoms with van der Waals surface area (Å²) in [5.74, 6) is -0.0419. The zero-order chi connectivity index (χ0) is 15.1. The molecule has 3 N–H and O–H groups in total. The van der Waals surface area contributed by atoms with Crippen LogP contribution in [0.15, 0.2) is 24.3 Å². The van der Waals surface area contributed by atoms with Crippen LogP contribution in [0.5, 0.6) is 0 Å². The van der Waals surface area contributed by atoms with Crippen LogP contribution in [-0.4, -0.2) is 24.4 Å². The maximum absolute atomic E-state index is 12.2. The van der Waals surface area contributed by atoms with Crippen LogP contribution in [0.2, 0.25) is 0 Å². The maximum atomic E-state index is 12.2. The molecule has 1 aliphatic heterocycles. The van der Waals surface area contributed by atoms with Crippen molar-refractivity contribution in [1.29, 1.82) is 0 Å². The highest BCUT2D eigenvalue weighted by molar-refractivity contribution is 5.96. The fourth-order valence-corrected chi connectivity index (χ4v) is 2.41. The smallest absolute Gasteiger partial charge is 0.241 e. The molecule has 5 heteroatoms. The van der Waals surface area contributed by atoms with Crippen molar-refractivity contribution < 1.29 is 9.59 Å². The third-order valence-corrected chi connectivity index (χ3v) is 3.61. The van der Waals surface area contributed by atoms with E-state index < -0.39 is 0 Å². The van der Waals surface area contributed by atoms with Crippen molar-refractivity contribution in [2.45, 2.75) is 45.1 Å². The van der Waals surface area contributed by atoms with Crippen molar-refractivity contribution >= 4 is 23.2 Å². The standard InChI is InChI=1S/C16H23N3O2/c1-2-15(20)18-12-7-6-8-13(11-12)19-16(21)14-9-4-3-5-10-17-14/h6-8,11,14,17H,2-5,9-10H2,1H3,(H,18,20)(H,19,21). The monoisotopic (exact) mass is 289 g/mol. The van der Waals surface area contributed by atoms with E-state index in [2.05, 4.69) is 16.0 Å². The number of hydrogen-bond acceptors (Lipinski definition) is 3. The van der Waals surface area contributed by atoms with E-state index in [1.807, 2.05) is 18.2 Å². The van der Waals surface area contributed by atoms with Gasteiger partial charge in [0.2, 0.25) is 11.8 Å². The van der Waals surface area contributed by atoms with E-state index in [9.17, 15) is 9.59 Å². The van der Waals surface area contributed by atoms with Gasteiger partial charge in [-0.3, -0.25) is 9.59 Å². The van der Waals surface area contributed by atoms with Crippen molar-refractivity contribution in [3.8, 4) is 0 Å². The minimum Gasteiger partial charge on any atom is -0.326 e. The Bertz CT molecular complexity index is 494. The van der Waals surface area contributed by atoms with E-state index in [1.165, 1.54) is 6.42 Å². The first-order valence-corrected chi connectivity index (χ1v) is 7.63. The lowest BCUT2D eigenvalue weighted by atomic mass is 10.1. The Kier molecular flexibility index (Phi) is 5.75. The summed E-state index contributed by atoms with van der Waals surface area (Å²) in [5, 5.41) is 8.98. The molecule has 21 heavy (non-hydrogen) atoms. The Morgan fingerprint density at radius 1 is 1.19 bits per heavy atom. The van der Waals surface area contributed by atoms with E-state index in [-0.39, 0.29) is 17.9 Å². The summed E-state index contributed by atoms with van der Waals surface area (Å²) in [7, 11) is 0. The number of hydrogen-bond donors (Lipinski definition) is 3. The number of rotatable bonds is 4. The minimum atomic E-state index is -0.124. The summed E-state index contributed by atoms with van der Waals surface area (Å²) in [4.78, 5) is 23.6. The van der Waals surface area contributed by atoms with Crippen molar-refractivity contribution in [1.82, 2.24) is 5.32 Å². The van der Waals surface area contributed by atoms with Gasteiger partial charge in [0.05, 0.1) is 6.04 Å². The molecule has 1 heterocycles. The summed E-state index contributed by atoms with van der Waals surface area (Å²) in [5.41, 5.74) is 1.41. The molecule has 2 rings (SSSR count). The Morgan fingerprint density at radius 2 is 1.95 bits per heavy atom. The number of carbonyl (C=O) groups is 2. The molecule has 1 aromatic carbocycles. The minimum absolute atomic E-state index is 0.00383. The van der Waals surface area contributed by atoms with Gasteiger partial charge in [0.15, 0.2) is 0 Å². The molecule has 1 atom stereocenters. The van der Waals surface area contributed by atoms with Crippen LogP contribution in [0, 0.1) is 0 Å². The first kappa shape index (κ1) is 15.5. The zero-order valence-electron chi connectivity index (χ0n) is 12.4. The molecular weight excluding hydrogens is 266 g/mol. The third-order valence-electron chi connectivity index (χ3n) is 3.61. The predicted octanol–water partition coefficient (Wildman–Crippen LogP) is 2.51. The quantitative estimate of drug-likeness (QED) is 0.797. The molecule has 2 amide bonds. The van der Waals surface area contributed by atoms with Gasteiger partial charge in [-0.25, -0.2) is 0 Å². The second-order valence-corrected chi connectivity index (χ2v) is 5.33. The van der Waals surface area contributed by atoms with Crippen LogP contribution < -0.4 is 16.0 Å². The van der Waals surface area contributed by atoms with Crippen LogP contribution in [0.3, 0.4) is 0 Å². The number of nitrogens with one attached hydrogen (secondary N) is 3. The number of benzene rings is 1. The molecule has 5 nitrogen and oxygen atoms in total. The van der Waals surface area contributed by atoms with Gasteiger partial charge in [0.1, 0.15) is 0 Å². The summed E-state index contributed by atoms with van der Waals surface area (Å²) in [6.07, 6.45) is 4.69. The topological polar surface area (TPSA) is 70.2 Å². The first-order chi connectivity index (χ1) is 10.2. The lowest BCUT2D eigenvalue weighted by molar-refractivity contribution is -0.118. The second kappa shape index (κ2) is 7.78. The lowest BCUT2D eigenvalue weighted by Gasteiger charge is -2.16. The van der Waals surface area contributed by atoms with Gasteiger partial charge in [-0.1, -0.05) is 25.8 Å². The molecule has 1 aliphatic rings. The van der Waals surface area contributed by atoms with Crippen molar-refractivity contribution in [3.05, 3.63) is 24.3 Å². The molecule has 1 fully saturated rings. The molecule has 0 spiro atoms. The Morgan fingerprint density at radius 3 is 2.71 bits per heavy atom.